The van der Waals surface area contributed by atoms with Crippen molar-refractivity contribution in [3.05, 3.63) is 11.7 Å². The second-order valence-electron chi connectivity index (χ2n) is 4.33. The predicted octanol–water partition coefficient (Wildman–Crippen LogP) is 0.482. The summed E-state index contributed by atoms with van der Waals surface area (Å²) in [6, 6.07) is 0. The summed E-state index contributed by atoms with van der Waals surface area (Å²) in [5.74, 6) is 1.79. The number of rotatable bonds is 3. The van der Waals surface area contributed by atoms with Gasteiger partial charge in [0.15, 0.2) is 5.82 Å². The molecule has 0 aromatic carbocycles. The monoisotopic (exact) mass is 243 g/mol. The average molecular weight is 243 g/mol. The summed E-state index contributed by atoms with van der Waals surface area (Å²) >= 11 is 0. The van der Waals surface area contributed by atoms with Crippen LogP contribution in [0.2, 0.25) is 0 Å². The van der Waals surface area contributed by atoms with Crippen molar-refractivity contribution in [1.82, 2.24) is 14.4 Å². The number of sulfonamides is 1. The van der Waals surface area contributed by atoms with Gasteiger partial charge in [0, 0.05) is 12.5 Å². The van der Waals surface area contributed by atoms with E-state index in [-0.39, 0.29) is 12.3 Å². The normalized spacial score (nSPS) is 25.0. The van der Waals surface area contributed by atoms with Crippen LogP contribution in [0.3, 0.4) is 0 Å². The van der Waals surface area contributed by atoms with Gasteiger partial charge in [0.25, 0.3) is 0 Å². The summed E-state index contributed by atoms with van der Waals surface area (Å²) in [6.07, 6.45) is 2.89. The molecule has 1 aromatic rings. The highest BCUT2D eigenvalue weighted by Gasteiger charge is 2.32. The average Bonchev–Trinajstić information content (AvgIpc) is 2.89. The van der Waals surface area contributed by atoms with Gasteiger partial charge in [-0.1, -0.05) is 5.16 Å². The molecule has 2 fully saturated rings. The largest absolute Gasteiger partial charge is 0.339 e. The van der Waals surface area contributed by atoms with Gasteiger partial charge >= 0.3 is 0 Å². The van der Waals surface area contributed by atoms with E-state index >= 15 is 0 Å². The smallest absolute Gasteiger partial charge is 0.229 e. The van der Waals surface area contributed by atoms with Gasteiger partial charge in [-0.25, -0.2) is 8.42 Å². The zero-order valence-corrected chi connectivity index (χ0v) is 9.61. The lowest BCUT2D eigenvalue weighted by Gasteiger charge is -2.10. The summed E-state index contributed by atoms with van der Waals surface area (Å²) in [4.78, 5) is 4.22. The molecule has 88 valence electrons. The minimum Gasteiger partial charge on any atom is -0.339 e. The lowest BCUT2D eigenvalue weighted by molar-refractivity contribution is 0.362. The molecule has 0 spiro atoms. The fourth-order valence-electron chi connectivity index (χ4n) is 1.85. The van der Waals surface area contributed by atoms with Gasteiger partial charge in [-0.3, -0.25) is 0 Å². The van der Waals surface area contributed by atoms with E-state index in [4.69, 9.17) is 4.52 Å². The first-order valence-corrected chi connectivity index (χ1v) is 7.06. The van der Waals surface area contributed by atoms with Crippen molar-refractivity contribution >= 4 is 10.0 Å². The van der Waals surface area contributed by atoms with Crippen LogP contribution in [0.4, 0.5) is 0 Å². The van der Waals surface area contributed by atoms with Crippen molar-refractivity contribution in [1.29, 1.82) is 0 Å². The van der Waals surface area contributed by atoms with Crippen molar-refractivity contribution < 1.29 is 12.9 Å². The van der Waals surface area contributed by atoms with E-state index in [9.17, 15) is 8.42 Å². The van der Waals surface area contributed by atoms with Gasteiger partial charge in [0.1, 0.15) is 0 Å². The van der Waals surface area contributed by atoms with Crippen LogP contribution in [-0.4, -0.2) is 35.2 Å². The standard InChI is InChI=1S/C9H13N3O3S/c13-16(14)5-1-4-12(16)6-8-10-9(15-11-8)7-2-3-7/h7H,1-6H2. The van der Waals surface area contributed by atoms with E-state index < -0.39 is 10.0 Å². The van der Waals surface area contributed by atoms with Crippen LogP contribution in [0.25, 0.3) is 0 Å². The molecule has 1 aliphatic heterocycles. The number of nitrogens with zero attached hydrogens (tertiary/aromatic N) is 3. The van der Waals surface area contributed by atoms with Gasteiger partial charge in [0.2, 0.25) is 15.9 Å². The van der Waals surface area contributed by atoms with Gasteiger partial charge in [-0.2, -0.15) is 9.29 Å². The fraction of sp³-hybridized carbons (Fsp3) is 0.778. The van der Waals surface area contributed by atoms with Crippen LogP contribution in [0.15, 0.2) is 4.52 Å². The Bertz CT molecular complexity index is 492. The van der Waals surface area contributed by atoms with E-state index in [0.717, 1.165) is 12.8 Å². The number of aromatic nitrogens is 2. The molecule has 0 atom stereocenters. The third-order valence-corrected chi connectivity index (χ3v) is 4.83. The Labute approximate surface area is 93.7 Å². The molecule has 0 bridgehead atoms. The molecular weight excluding hydrogens is 230 g/mol. The Hall–Kier alpha value is -0.950. The maximum absolute atomic E-state index is 11.6. The Kier molecular flexibility index (Phi) is 2.25. The highest BCUT2D eigenvalue weighted by molar-refractivity contribution is 7.89. The summed E-state index contributed by atoms with van der Waals surface area (Å²) < 4.78 is 29.6. The van der Waals surface area contributed by atoms with E-state index in [1.807, 2.05) is 0 Å². The molecule has 0 amide bonds. The molecule has 16 heavy (non-hydrogen) atoms. The molecule has 1 aromatic heterocycles. The maximum Gasteiger partial charge on any atom is 0.229 e. The molecule has 0 unspecified atom stereocenters. The highest BCUT2D eigenvalue weighted by Crippen LogP contribution is 2.38. The minimum atomic E-state index is -3.07. The maximum atomic E-state index is 11.6. The highest BCUT2D eigenvalue weighted by atomic mass is 32.2. The first-order chi connectivity index (χ1) is 7.65. The SMILES string of the molecule is O=S1(=O)CCCN1Cc1noc(C2CC2)n1. The van der Waals surface area contributed by atoms with E-state index in [1.165, 1.54) is 4.31 Å². The predicted molar refractivity (Wildman–Crippen MR) is 55.1 cm³/mol. The second kappa shape index (κ2) is 3.53. The van der Waals surface area contributed by atoms with Crippen molar-refractivity contribution in [3.63, 3.8) is 0 Å². The lowest BCUT2D eigenvalue weighted by Crippen LogP contribution is -2.25. The minimum absolute atomic E-state index is 0.236. The molecule has 6 nitrogen and oxygen atoms in total. The molecule has 2 heterocycles. The Balaban J connectivity index is 1.73. The Morgan fingerprint density at radius 1 is 1.44 bits per heavy atom. The second-order valence-corrected chi connectivity index (χ2v) is 6.41. The van der Waals surface area contributed by atoms with Crippen LogP contribution in [-0.2, 0) is 16.6 Å². The molecular formula is C9H13N3O3S. The Morgan fingerprint density at radius 3 is 2.88 bits per heavy atom. The third-order valence-electron chi connectivity index (χ3n) is 2.93. The molecule has 1 saturated carbocycles. The molecule has 1 aliphatic carbocycles. The van der Waals surface area contributed by atoms with Crippen molar-refractivity contribution in [2.45, 2.75) is 31.7 Å². The molecule has 3 rings (SSSR count). The van der Waals surface area contributed by atoms with Crippen molar-refractivity contribution in [3.8, 4) is 0 Å². The molecule has 0 radical (unpaired) electrons. The first kappa shape index (κ1) is 10.2. The van der Waals surface area contributed by atoms with Gasteiger partial charge in [0.05, 0.1) is 12.3 Å². The van der Waals surface area contributed by atoms with Crippen molar-refractivity contribution in [2.75, 3.05) is 12.3 Å². The topological polar surface area (TPSA) is 76.3 Å². The number of hydrogen-bond donors (Lipinski definition) is 0. The van der Waals surface area contributed by atoms with Gasteiger partial charge in [-0.15, -0.1) is 0 Å². The van der Waals surface area contributed by atoms with Crippen LogP contribution in [0.5, 0.6) is 0 Å². The van der Waals surface area contributed by atoms with E-state index in [2.05, 4.69) is 10.1 Å². The van der Waals surface area contributed by atoms with Gasteiger partial charge < -0.3 is 4.52 Å². The zero-order chi connectivity index (χ0) is 11.2. The lowest BCUT2D eigenvalue weighted by atomic mass is 10.4. The summed E-state index contributed by atoms with van der Waals surface area (Å²) in [5, 5.41) is 3.81. The summed E-state index contributed by atoms with van der Waals surface area (Å²) in [7, 11) is -3.07. The van der Waals surface area contributed by atoms with E-state index in [1.54, 1.807) is 0 Å². The molecule has 1 saturated heterocycles. The van der Waals surface area contributed by atoms with Crippen LogP contribution in [0, 0.1) is 0 Å². The summed E-state index contributed by atoms with van der Waals surface area (Å²) in [5.41, 5.74) is 0. The third kappa shape index (κ3) is 1.84. The molecule has 0 N–H and O–H groups in total. The number of hydrogen-bond acceptors (Lipinski definition) is 5. The van der Waals surface area contributed by atoms with Crippen LogP contribution >= 0.6 is 0 Å². The Morgan fingerprint density at radius 2 is 2.25 bits per heavy atom. The van der Waals surface area contributed by atoms with E-state index in [0.29, 0.717) is 30.6 Å². The molecule has 2 aliphatic rings. The van der Waals surface area contributed by atoms with Crippen LogP contribution in [0.1, 0.15) is 36.9 Å². The first-order valence-electron chi connectivity index (χ1n) is 5.45. The van der Waals surface area contributed by atoms with Gasteiger partial charge in [-0.05, 0) is 19.3 Å². The quantitative estimate of drug-likeness (QED) is 0.771. The van der Waals surface area contributed by atoms with Crippen molar-refractivity contribution in [2.24, 2.45) is 0 Å². The zero-order valence-electron chi connectivity index (χ0n) is 8.79. The van der Waals surface area contributed by atoms with Crippen LogP contribution < -0.4 is 0 Å². The fourth-order valence-corrected chi connectivity index (χ4v) is 3.33. The molecule has 7 heteroatoms. The summed E-state index contributed by atoms with van der Waals surface area (Å²) in [6.45, 7) is 0.814.